The van der Waals surface area contributed by atoms with Gasteiger partial charge in [-0.2, -0.15) is 0 Å². The van der Waals surface area contributed by atoms with Crippen molar-refractivity contribution in [3.8, 4) is 0 Å². The molecule has 0 saturated heterocycles. The van der Waals surface area contributed by atoms with Crippen molar-refractivity contribution in [2.45, 2.75) is 19.8 Å². The first-order valence-electron chi connectivity index (χ1n) is 5.74. The summed E-state index contributed by atoms with van der Waals surface area (Å²) in [6.45, 7) is 9.81. The molecular weight excluding hydrogens is 208 g/mol. The first-order chi connectivity index (χ1) is 8.08. The second kappa shape index (κ2) is 4.50. The van der Waals surface area contributed by atoms with E-state index in [1.165, 1.54) is 10.9 Å². The summed E-state index contributed by atoms with van der Waals surface area (Å²) in [5.74, 6) is 0. The van der Waals surface area contributed by atoms with Crippen LogP contribution in [0.5, 0.6) is 0 Å². The quantitative estimate of drug-likeness (QED) is 0.772. The fourth-order valence-electron chi connectivity index (χ4n) is 2.14. The van der Waals surface area contributed by atoms with Gasteiger partial charge in [-0.15, -0.1) is 0 Å². The number of H-pyrrole nitrogens is 1. The summed E-state index contributed by atoms with van der Waals surface area (Å²) in [5, 5.41) is 1.26. The lowest BCUT2D eigenvalue weighted by Gasteiger charge is -2.04. The van der Waals surface area contributed by atoms with Gasteiger partial charge in [0.05, 0.1) is 0 Å². The van der Waals surface area contributed by atoms with Gasteiger partial charge in [-0.1, -0.05) is 36.9 Å². The van der Waals surface area contributed by atoms with Crippen LogP contribution in [-0.2, 0) is 12.8 Å². The smallest absolute Gasteiger partial charge is 0.0459 e. The molecule has 0 atom stereocenters. The number of hydrogen-bond donors (Lipinski definition) is 2. The first-order valence-corrected chi connectivity index (χ1v) is 5.74. The molecule has 0 bridgehead atoms. The molecule has 17 heavy (non-hydrogen) atoms. The molecule has 0 saturated carbocycles. The zero-order chi connectivity index (χ0) is 12.4. The lowest BCUT2D eigenvalue weighted by atomic mass is 10.0. The minimum atomic E-state index is 0.680. The van der Waals surface area contributed by atoms with Crippen molar-refractivity contribution in [3.05, 3.63) is 60.0 Å². The summed E-state index contributed by atoms with van der Waals surface area (Å²) in [5.41, 5.74) is 11.1. The molecule has 3 N–H and O–H groups in total. The van der Waals surface area contributed by atoms with Gasteiger partial charge in [0, 0.05) is 28.7 Å². The second-order valence-electron chi connectivity index (χ2n) is 4.60. The molecule has 2 heteroatoms. The van der Waals surface area contributed by atoms with E-state index in [9.17, 15) is 0 Å². The van der Waals surface area contributed by atoms with Gasteiger partial charge in [-0.05, 0) is 25.0 Å². The molecule has 0 fully saturated rings. The second-order valence-corrected chi connectivity index (χ2v) is 4.60. The van der Waals surface area contributed by atoms with E-state index >= 15 is 0 Å². The van der Waals surface area contributed by atoms with Crippen LogP contribution in [0.15, 0.2) is 48.7 Å². The van der Waals surface area contributed by atoms with E-state index in [4.69, 9.17) is 5.73 Å². The normalized spacial score (nSPS) is 10.6. The lowest BCUT2D eigenvalue weighted by molar-refractivity contribution is 1.02. The van der Waals surface area contributed by atoms with Crippen LogP contribution in [0.1, 0.15) is 18.2 Å². The van der Waals surface area contributed by atoms with Crippen molar-refractivity contribution in [1.82, 2.24) is 4.98 Å². The molecule has 0 spiro atoms. The van der Waals surface area contributed by atoms with E-state index in [2.05, 4.69) is 36.3 Å². The van der Waals surface area contributed by atoms with Gasteiger partial charge >= 0.3 is 0 Å². The Kier molecular flexibility index (Phi) is 3.05. The summed E-state index contributed by atoms with van der Waals surface area (Å²) < 4.78 is 0. The average Bonchev–Trinajstić information content (AvgIpc) is 2.55. The molecule has 0 aliphatic carbocycles. The highest BCUT2D eigenvalue weighted by Gasteiger charge is 2.11. The summed E-state index contributed by atoms with van der Waals surface area (Å²) in [6, 6.07) is 8.30. The maximum atomic E-state index is 5.71. The third-order valence-corrected chi connectivity index (χ3v) is 2.78. The molecule has 0 radical (unpaired) electrons. The molecule has 2 nitrogen and oxygen atoms in total. The zero-order valence-electron chi connectivity index (χ0n) is 10.2. The van der Waals surface area contributed by atoms with Crippen LogP contribution in [-0.4, -0.2) is 4.98 Å². The topological polar surface area (TPSA) is 41.8 Å². The number of aromatic nitrogens is 1. The number of aromatic amines is 1. The number of nitrogens with one attached hydrogen (secondary N) is 1. The van der Waals surface area contributed by atoms with E-state index in [1.54, 1.807) is 0 Å². The third kappa shape index (κ3) is 2.41. The summed E-state index contributed by atoms with van der Waals surface area (Å²) in [7, 11) is 0. The van der Waals surface area contributed by atoms with Gasteiger partial charge in [0.1, 0.15) is 0 Å². The maximum absolute atomic E-state index is 5.71. The van der Waals surface area contributed by atoms with Crippen LogP contribution < -0.4 is 5.73 Å². The van der Waals surface area contributed by atoms with Crippen LogP contribution in [0, 0.1) is 0 Å². The molecule has 0 amide bonds. The molecule has 0 aliphatic heterocycles. The number of fused-ring (bicyclic) bond motifs is 1. The van der Waals surface area contributed by atoms with Gasteiger partial charge in [0.25, 0.3) is 0 Å². The Morgan fingerprint density at radius 1 is 1.24 bits per heavy atom. The Morgan fingerprint density at radius 3 is 2.59 bits per heavy atom. The van der Waals surface area contributed by atoms with Crippen LogP contribution in [0.2, 0.25) is 0 Å². The SMILES string of the molecule is C=C(C)Cc1c(CC(=C)N)[nH]c2ccccc12. The van der Waals surface area contributed by atoms with Crippen molar-refractivity contribution in [1.29, 1.82) is 0 Å². The van der Waals surface area contributed by atoms with Crippen molar-refractivity contribution in [2.75, 3.05) is 0 Å². The van der Waals surface area contributed by atoms with Gasteiger partial charge in [-0.25, -0.2) is 0 Å². The maximum Gasteiger partial charge on any atom is 0.0459 e. The number of benzene rings is 1. The number of para-hydroxylation sites is 1. The van der Waals surface area contributed by atoms with E-state index in [1.807, 2.05) is 13.0 Å². The first kappa shape index (κ1) is 11.5. The average molecular weight is 226 g/mol. The van der Waals surface area contributed by atoms with Crippen molar-refractivity contribution >= 4 is 10.9 Å². The predicted octanol–water partition coefficient (Wildman–Crippen LogP) is 3.30. The predicted molar refractivity (Wildman–Crippen MR) is 73.8 cm³/mol. The van der Waals surface area contributed by atoms with Crippen LogP contribution >= 0.6 is 0 Å². The van der Waals surface area contributed by atoms with Gasteiger partial charge < -0.3 is 10.7 Å². The number of rotatable bonds is 4. The standard InChI is InChI=1S/C15H18N2/c1-10(2)8-13-12-6-4-5-7-14(12)17-15(13)9-11(3)16/h4-7,17H,1,3,8-9,16H2,2H3. The van der Waals surface area contributed by atoms with Crippen LogP contribution in [0.4, 0.5) is 0 Å². The Labute approximate surface area is 102 Å². The van der Waals surface area contributed by atoms with Gasteiger partial charge in [-0.3, -0.25) is 0 Å². The zero-order valence-corrected chi connectivity index (χ0v) is 10.2. The summed E-state index contributed by atoms with van der Waals surface area (Å²) in [4.78, 5) is 3.42. The molecule has 0 unspecified atom stereocenters. The number of hydrogen-bond acceptors (Lipinski definition) is 1. The van der Waals surface area contributed by atoms with E-state index in [0.717, 1.165) is 23.2 Å². The largest absolute Gasteiger partial charge is 0.402 e. The highest BCUT2D eigenvalue weighted by molar-refractivity contribution is 5.85. The molecule has 2 rings (SSSR count). The van der Waals surface area contributed by atoms with Crippen LogP contribution in [0.3, 0.4) is 0 Å². The van der Waals surface area contributed by atoms with Crippen LogP contribution in [0.25, 0.3) is 10.9 Å². The van der Waals surface area contributed by atoms with E-state index in [0.29, 0.717) is 12.1 Å². The van der Waals surface area contributed by atoms with E-state index < -0.39 is 0 Å². The molecule has 1 aromatic heterocycles. The fourth-order valence-corrected chi connectivity index (χ4v) is 2.14. The number of nitrogens with two attached hydrogens (primary N) is 1. The van der Waals surface area contributed by atoms with E-state index in [-0.39, 0.29) is 0 Å². The Balaban J connectivity index is 2.56. The Bertz CT molecular complexity index is 576. The molecule has 88 valence electrons. The fraction of sp³-hybridized carbons (Fsp3) is 0.200. The van der Waals surface area contributed by atoms with Crippen molar-refractivity contribution in [2.24, 2.45) is 5.73 Å². The Hall–Kier alpha value is -1.96. The minimum absolute atomic E-state index is 0.680. The van der Waals surface area contributed by atoms with Crippen molar-refractivity contribution in [3.63, 3.8) is 0 Å². The molecule has 0 aliphatic rings. The molecule has 2 aromatic rings. The number of allylic oxidation sites excluding steroid dienone is 2. The molecular formula is C15H18N2. The molecule has 1 aromatic carbocycles. The monoisotopic (exact) mass is 226 g/mol. The van der Waals surface area contributed by atoms with Crippen molar-refractivity contribution < 1.29 is 0 Å². The minimum Gasteiger partial charge on any atom is -0.402 e. The highest BCUT2D eigenvalue weighted by Crippen LogP contribution is 2.25. The Morgan fingerprint density at radius 2 is 1.94 bits per heavy atom. The van der Waals surface area contributed by atoms with Gasteiger partial charge in [0.15, 0.2) is 0 Å². The lowest BCUT2D eigenvalue weighted by Crippen LogP contribution is -2.02. The van der Waals surface area contributed by atoms with Gasteiger partial charge in [0.2, 0.25) is 0 Å². The third-order valence-electron chi connectivity index (χ3n) is 2.78. The highest BCUT2D eigenvalue weighted by atomic mass is 14.7. The summed E-state index contributed by atoms with van der Waals surface area (Å²) >= 11 is 0. The molecule has 1 heterocycles. The summed E-state index contributed by atoms with van der Waals surface area (Å²) in [6.07, 6.45) is 1.57.